The van der Waals surface area contributed by atoms with Crippen molar-refractivity contribution in [2.75, 3.05) is 6.54 Å². The molecule has 2 aliphatic rings. The second-order valence-corrected chi connectivity index (χ2v) is 7.89. The Morgan fingerprint density at radius 1 is 1.38 bits per heavy atom. The van der Waals surface area contributed by atoms with Gasteiger partial charge in [0, 0.05) is 34.6 Å². The summed E-state index contributed by atoms with van der Waals surface area (Å²) in [6.45, 7) is 3.19. The molecule has 0 spiro atoms. The highest BCUT2D eigenvalue weighted by Gasteiger charge is 2.38. The third kappa shape index (κ3) is 3.11. The molecule has 2 N–H and O–H groups in total. The van der Waals surface area contributed by atoms with Crippen LogP contribution in [-0.2, 0) is 19.4 Å². The van der Waals surface area contributed by atoms with Crippen molar-refractivity contribution in [3.05, 3.63) is 50.7 Å². The summed E-state index contributed by atoms with van der Waals surface area (Å²) in [5.74, 6) is 0.106. The Hall–Kier alpha value is -1.96. The molecule has 2 aliphatic heterocycles. The van der Waals surface area contributed by atoms with E-state index in [1.54, 1.807) is 17.4 Å². The molecule has 2 aromatic rings. The Labute approximate surface area is 156 Å². The summed E-state index contributed by atoms with van der Waals surface area (Å²) < 4.78 is 5.64. The molecule has 1 atom stereocenters. The second kappa shape index (κ2) is 6.98. The smallest absolute Gasteiger partial charge is 0.526 e. The number of ketones is 2. The van der Waals surface area contributed by atoms with Crippen molar-refractivity contribution in [2.24, 2.45) is 0 Å². The molecule has 0 unspecified atom stereocenters. The van der Waals surface area contributed by atoms with Crippen LogP contribution in [0, 0.1) is 0 Å². The number of para-hydroxylation sites is 1. The summed E-state index contributed by atoms with van der Waals surface area (Å²) in [6, 6.07) is 5.41. The molecule has 134 valence electrons. The highest BCUT2D eigenvalue weighted by atomic mass is 32.1. The van der Waals surface area contributed by atoms with Crippen molar-refractivity contribution in [3.8, 4) is 5.75 Å². The normalized spacial score (nSPS) is 18.7. The maximum absolute atomic E-state index is 12.8. The van der Waals surface area contributed by atoms with Crippen molar-refractivity contribution in [1.29, 1.82) is 0 Å². The van der Waals surface area contributed by atoms with Crippen LogP contribution in [0.3, 0.4) is 0 Å². The molecule has 1 aromatic carbocycles. The van der Waals surface area contributed by atoms with Gasteiger partial charge in [-0.25, -0.2) is 0 Å². The summed E-state index contributed by atoms with van der Waals surface area (Å²) in [6.07, 6.45) is 1.63. The molecular formula is C19H20BNO4S. The Balaban J connectivity index is 1.54. The SMILES string of the molecule is CC(=O)c1cccc2c1OB(O)[C@@H](CC(=O)c1csc3c1CCNC3)C2. The lowest BCUT2D eigenvalue weighted by Crippen LogP contribution is -2.36. The number of nitrogens with one attached hydrogen (secondary N) is 1. The molecule has 3 heterocycles. The number of hydrogen-bond acceptors (Lipinski definition) is 6. The molecular weight excluding hydrogens is 349 g/mol. The third-order valence-corrected chi connectivity index (χ3v) is 6.19. The van der Waals surface area contributed by atoms with Gasteiger partial charge in [0.15, 0.2) is 11.6 Å². The molecule has 4 rings (SSSR count). The maximum Gasteiger partial charge on any atom is 0.526 e. The van der Waals surface area contributed by atoms with E-state index >= 15 is 0 Å². The van der Waals surface area contributed by atoms with Gasteiger partial charge in [0.05, 0.1) is 5.56 Å². The largest absolute Gasteiger partial charge is 0.535 e. The van der Waals surface area contributed by atoms with E-state index in [9.17, 15) is 14.6 Å². The standard InChI is InChI=1S/C19H20BNO4S/c1-11(22)14-4-2-3-12-7-13(20(24)25-19(12)14)8-17(23)16-10-26-18-9-21-6-5-15(16)18/h2-4,10,13,21,24H,5-9H2,1H3/t13-/m1/s1. The van der Waals surface area contributed by atoms with E-state index in [4.69, 9.17) is 4.65 Å². The van der Waals surface area contributed by atoms with Gasteiger partial charge in [-0.2, -0.15) is 0 Å². The molecule has 0 radical (unpaired) electrons. The van der Waals surface area contributed by atoms with E-state index in [0.29, 0.717) is 17.7 Å². The average molecular weight is 369 g/mol. The molecule has 0 aliphatic carbocycles. The fourth-order valence-corrected chi connectivity index (χ4v) is 4.85. The van der Waals surface area contributed by atoms with Gasteiger partial charge in [0.25, 0.3) is 0 Å². The van der Waals surface area contributed by atoms with Crippen LogP contribution >= 0.6 is 11.3 Å². The monoisotopic (exact) mass is 369 g/mol. The number of rotatable bonds is 4. The van der Waals surface area contributed by atoms with Gasteiger partial charge in [-0.3, -0.25) is 9.59 Å². The minimum Gasteiger partial charge on any atom is -0.535 e. The summed E-state index contributed by atoms with van der Waals surface area (Å²) in [5, 5.41) is 15.7. The first-order valence-corrected chi connectivity index (χ1v) is 9.73. The summed E-state index contributed by atoms with van der Waals surface area (Å²) in [4.78, 5) is 25.8. The molecule has 0 fully saturated rings. The van der Waals surface area contributed by atoms with Crippen LogP contribution in [0.1, 0.15) is 50.1 Å². The van der Waals surface area contributed by atoms with Gasteiger partial charge in [-0.15, -0.1) is 11.3 Å². The highest BCUT2D eigenvalue weighted by molar-refractivity contribution is 7.10. The number of carbonyl (C=O) groups excluding carboxylic acids is 2. The first-order chi connectivity index (χ1) is 12.5. The first-order valence-electron chi connectivity index (χ1n) is 8.85. The van der Waals surface area contributed by atoms with E-state index < -0.39 is 7.12 Å². The average Bonchev–Trinajstić information content (AvgIpc) is 3.06. The van der Waals surface area contributed by atoms with Crippen LogP contribution in [0.2, 0.25) is 5.82 Å². The second-order valence-electron chi connectivity index (χ2n) is 6.93. The minimum atomic E-state index is -1.08. The van der Waals surface area contributed by atoms with Crippen LogP contribution in [0.5, 0.6) is 5.75 Å². The number of thiophene rings is 1. The lowest BCUT2D eigenvalue weighted by atomic mass is 9.64. The Bertz CT molecular complexity index is 878. The van der Waals surface area contributed by atoms with Crippen LogP contribution in [-0.4, -0.2) is 30.3 Å². The third-order valence-electron chi connectivity index (χ3n) is 5.17. The van der Waals surface area contributed by atoms with Gasteiger partial charge < -0.3 is 15.0 Å². The Kier molecular flexibility index (Phi) is 4.69. The highest BCUT2D eigenvalue weighted by Crippen LogP contribution is 2.37. The Morgan fingerprint density at radius 3 is 3.04 bits per heavy atom. The van der Waals surface area contributed by atoms with Gasteiger partial charge in [-0.1, -0.05) is 12.1 Å². The minimum absolute atomic E-state index is 0.0585. The fourth-order valence-electron chi connectivity index (χ4n) is 3.78. The summed E-state index contributed by atoms with van der Waals surface area (Å²) in [7, 11) is -1.08. The molecule has 26 heavy (non-hydrogen) atoms. The van der Waals surface area contributed by atoms with E-state index in [1.807, 2.05) is 17.5 Å². The van der Waals surface area contributed by atoms with Crippen molar-refractivity contribution < 1.29 is 19.3 Å². The predicted octanol–water partition coefficient (Wildman–Crippen LogP) is 2.66. The zero-order valence-electron chi connectivity index (χ0n) is 14.6. The summed E-state index contributed by atoms with van der Waals surface area (Å²) >= 11 is 1.62. The number of fused-ring (bicyclic) bond motifs is 2. The molecule has 5 nitrogen and oxygen atoms in total. The lowest BCUT2D eigenvalue weighted by molar-refractivity contribution is 0.0970. The fraction of sp³-hybridized carbons (Fsp3) is 0.368. The number of hydrogen-bond donors (Lipinski definition) is 2. The topological polar surface area (TPSA) is 75.6 Å². The van der Waals surface area contributed by atoms with Gasteiger partial charge in [0.2, 0.25) is 0 Å². The lowest BCUT2D eigenvalue weighted by Gasteiger charge is -2.28. The Morgan fingerprint density at radius 2 is 2.23 bits per heavy atom. The van der Waals surface area contributed by atoms with Crippen molar-refractivity contribution >= 4 is 30.0 Å². The first kappa shape index (κ1) is 17.5. The molecule has 0 amide bonds. The number of carbonyl (C=O) groups is 2. The van der Waals surface area contributed by atoms with Crippen LogP contribution in [0.25, 0.3) is 0 Å². The predicted molar refractivity (Wildman–Crippen MR) is 101 cm³/mol. The van der Waals surface area contributed by atoms with E-state index in [2.05, 4.69) is 5.32 Å². The van der Waals surface area contributed by atoms with Gasteiger partial charge in [-0.05, 0) is 43.5 Å². The molecule has 1 aromatic heterocycles. The van der Waals surface area contributed by atoms with E-state index in [1.165, 1.54) is 11.8 Å². The van der Waals surface area contributed by atoms with Gasteiger partial charge >= 0.3 is 7.12 Å². The van der Waals surface area contributed by atoms with Crippen molar-refractivity contribution in [3.63, 3.8) is 0 Å². The van der Waals surface area contributed by atoms with Gasteiger partial charge in [0.1, 0.15) is 5.75 Å². The molecule has 0 bridgehead atoms. The number of Topliss-reactive ketones (excluding diaryl/α,β-unsaturated/α-hetero) is 2. The van der Waals surface area contributed by atoms with E-state index in [0.717, 1.165) is 36.2 Å². The molecule has 0 saturated carbocycles. The quantitative estimate of drug-likeness (QED) is 0.640. The molecule has 0 saturated heterocycles. The zero-order chi connectivity index (χ0) is 18.3. The zero-order valence-corrected chi connectivity index (χ0v) is 15.4. The van der Waals surface area contributed by atoms with Crippen molar-refractivity contribution in [2.45, 2.75) is 38.5 Å². The van der Waals surface area contributed by atoms with Crippen LogP contribution in [0.4, 0.5) is 0 Å². The summed E-state index contributed by atoms with van der Waals surface area (Å²) in [5.41, 5.74) is 3.30. The van der Waals surface area contributed by atoms with Crippen molar-refractivity contribution in [1.82, 2.24) is 5.32 Å². The van der Waals surface area contributed by atoms with Crippen LogP contribution in [0.15, 0.2) is 23.6 Å². The van der Waals surface area contributed by atoms with Crippen LogP contribution < -0.4 is 9.97 Å². The molecule has 7 heteroatoms. The van der Waals surface area contributed by atoms with E-state index in [-0.39, 0.29) is 23.8 Å². The number of benzene rings is 1. The maximum atomic E-state index is 12.8.